The summed E-state index contributed by atoms with van der Waals surface area (Å²) >= 11 is 0. The molecule has 0 aliphatic rings. The molecule has 0 spiro atoms. The van der Waals surface area contributed by atoms with Gasteiger partial charge in [0.2, 0.25) is 0 Å². The van der Waals surface area contributed by atoms with E-state index in [0.717, 1.165) is 6.61 Å². The second-order valence-corrected chi connectivity index (χ2v) is 1.27. The summed E-state index contributed by atoms with van der Waals surface area (Å²) in [6.07, 6.45) is 0. The average molecular weight is 136 g/mol. The van der Waals surface area contributed by atoms with E-state index >= 15 is 0 Å². The first-order valence-corrected chi connectivity index (χ1v) is 2.80. The summed E-state index contributed by atoms with van der Waals surface area (Å²) in [5, 5.41) is 0. The van der Waals surface area contributed by atoms with Crippen molar-refractivity contribution in [2.24, 2.45) is 0 Å². The van der Waals surface area contributed by atoms with Crippen LogP contribution >= 0.6 is 0 Å². The van der Waals surface area contributed by atoms with Gasteiger partial charge in [-0.25, -0.2) is 0 Å². The smallest absolute Gasteiger partial charge is 0.145 e. The fraction of sp³-hybridized carbons (Fsp3) is 1.00. The van der Waals surface area contributed by atoms with Crippen LogP contribution < -0.4 is 0 Å². The van der Waals surface area contributed by atoms with Crippen molar-refractivity contribution in [1.82, 2.24) is 0 Å². The molecule has 0 aromatic heterocycles. The third-order valence-corrected chi connectivity index (χ3v) is 0.524. The van der Waals surface area contributed by atoms with E-state index in [2.05, 4.69) is 14.2 Å². The molecule has 0 unspecified atom stereocenters. The summed E-state index contributed by atoms with van der Waals surface area (Å²) in [5.41, 5.74) is 0. The van der Waals surface area contributed by atoms with Crippen LogP contribution in [0.4, 0.5) is 0 Å². The van der Waals surface area contributed by atoms with Gasteiger partial charge in [-0.05, 0) is 6.92 Å². The van der Waals surface area contributed by atoms with Gasteiger partial charge >= 0.3 is 0 Å². The molecule has 0 atom stereocenters. The van der Waals surface area contributed by atoms with Gasteiger partial charge < -0.3 is 14.2 Å². The molecule has 0 amide bonds. The Morgan fingerprint density at radius 3 is 1.22 bits per heavy atom. The van der Waals surface area contributed by atoms with Crippen molar-refractivity contribution in [3.8, 4) is 0 Å². The Bertz CT molecular complexity index is 27.5. The van der Waals surface area contributed by atoms with Crippen LogP contribution in [0.25, 0.3) is 0 Å². The van der Waals surface area contributed by atoms with E-state index in [0.29, 0.717) is 6.79 Å². The maximum Gasteiger partial charge on any atom is 0.145 e. The quantitative estimate of drug-likeness (QED) is 0.539. The molecule has 0 bridgehead atoms. The van der Waals surface area contributed by atoms with E-state index in [4.69, 9.17) is 0 Å². The maximum atomic E-state index is 4.54. The molecule has 0 rings (SSSR count). The molecule has 0 fully saturated rings. The van der Waals surface area contributed by atoms with Crippen molar-refractivity contribution >= 4 is 0 Å². The Labute approximate surface area is 56.9 Å². The molecule has 58 valence electrons. The SMILES string of the molecule is CCOC.COCOC. The molecule has 0 heterocycles. The second-order valence-electron chi connectivity index (χ2n) is 1.27. The fourth-order valence-corrected chi connectivity index (χ4v) is 0.118. The summed E-state index contributed by atoms with van der Waals surface area (Å²) in [5.74, 6) is 0. The van der Waals surface area contributed by atoms with Gasteiger partial charge in [-0.2, -0.15) is 0 Å². The Kier molecular flexibility index (Phi) is 20.3. The first kappa shape index (κ1) is 11.6. The molecule has 9 heavy (non-hydrogen) atoms. The number of ether oxygens (including phenoxy) is 3. The van der Waals surface area contributed by atoms with Gasteiger partial charge in [0.1, 0.15) is 6.79 Å². The highest BCUT2D eigenvalue weighted by molar-refractivity contribution is 3.94. The summed E-state index contributed by atoms with van der Waals surface area (Å²) in [4.78, 5) is 0. The highest BCUT2D eigenvalue weighted by Crippen LogP contribution is 1.60. The molecule has 0 aromatic rings. The fourth-order valence-electron chi connectivity index (χ4n) is 0.118. The van der Waals surface area contributed by atoms with Crippen LogP contribution in [0.2, 0.25) is 0 Å². The third kappa shape index (κ3) is 32.8. The van der Waals surface area contributed by atoms with Crippen molar-refractivity contribution in [2.45, 2.75) is 6.92 Å². The summed E-state index contributed by atoms with van der Waals surface area (Å²) in [6.45, 7) is 3.17. The number of hydrogen-bond acceptors (Lipinski definition) is 3. The number of methoxy groups -OCH3 is 3. The van der Waals surface area contributed by atoms with E-state index in [1.54, 1.807) is 21.3 Å². The van der Waals surface area contributed by atoms with Crippen molar-refractivity contribution in [2.75, 3.05) is 34.7 Å². The zero-order valence-electron chi connectivity index (χ0n) is 6.64. The van der Waals surface area contributed by atoms with Crippen LogP contribution in [0.3, 0.4) is 0 Å². The van der Waals surface area contributed by atoms with Crippen LogP contribution in [0.5, 0.6) is 0 Å². The average Bonchev–Trinajstić information content (AvgIpc) is 1.91. The zero-order valence-corrected chi connectivity index (χ0v) is 6.64. The van der Waals surface area contributed by atoms with Crippen LogP contribution in [-0.2, 0) is 14.2 Å². The number of hydrogen-bond donors (Lipinski definition) is 0. The Morgan fingerprint density at radius 2 is 1.22 bits per heavy atom. The molecule has 0 radical (unpaired) electrons. The molecule has 3 nitrogen and oxygen atoms in total. The standard InChI is InChI=1S/C3H8O2.C3H8O/c1-4-3-5-2;1-3-4-2/h3H2,1-2H3;3H2,1-2H3. The van der Waals surface area contributed by atoms with E-state index in [1.165, 1.54) is 0 Å². The normalized spacial score (nSPS) is 8.00. The van der Waals surface area contributed by atoms with E-state index < -0.39 is 0 Å². The van der Waals surface area contributed by atoms with E-state index in [-0.39, 0.29) is 0 Å². The first-order valence-electron chi connectivity index (χ1n) is 2.80. The lowest BCUT2D eigenvalue weighted by molar-refractivity contribution is -0.00271. The molecular formula is C6H16O3. The van der Waals surface area contributed by atoms with Gasteiger partial charge in [0.05, 0.1) is 0 Å². The van der Waals surface area contributed by atoms with E-state index in [1.807, 2.05) is 6.92 Å². The van der Waals surface area contributed by atoms with Crippen LogP contribution in [0.1, 0.15) is 6.92 Å². The minimum atomic E-state index is 0.389. The predicted octanol–water partition coefficient (Wildman–Crippen LogP) is 0.889. The summed E-state index contributed by atoms with van der Waals surface area (Å²) in [6, 6.07) is 0. The Morgan fingerprint density at radius 1 is 0.889 bits per heavy atom. The second kappa shape index (κ2) is 15.7. The van der Waals surface area contributed by atoms with Crippen LogP contribution in [0, 0.1) is 0 Å². The Hall–Kier alpha value is -0.120. The lowest BCUT2D eigenvalue weighted by atomic mass is 10.9. The lowest BCUT2D eigenvalue weighted by Gasteiger charge is -1.87. The van der Waals surface area contributed by atoms with Gasteiger partial charge in [0.25, 0.3) is 0 Å². The van der Waals surface area contributed by atoms with Gasteiger partial charge in [-0.3, -0.25) is 0 Å². The molecule has 0 aliphatic heterocycles. The molecule has 0 aliphatic carbocycles. The largest absolute Gasteiger partial charge is 0.385 e. The molecule has 0 N–H and O–H groups in total. The molecule has 0 saturated carbocycles. The molecule has 3 heteroatoms. The van der Waals surface area contributed by atoms with Gasteiger partial charge in [-0.15, -0.1) is 0 Å². The van der Waals surface area contributed by atoms with Crippen molar-refractivity contribution in [3.63, 3.8) is 0 Å². The molecule has 0 aromatic carbocycles. The van der Waals surface area contributed by atoms with Crippen molar-refractivity contribution < 1.29 is 14.2 Å². The zero-order chi connectivity index (χ0) is 7.54. The minimum Gasteiger partial charge on any atom is -0.385 e. The third-order valence-electron chi connectivity index (χ3n) is 0.524. The summed E-state index contributed by atoms with van der Waals surface area (Å²) < 4.78 is 13.5. The van der Waals surface area contributed by atoms with Crippen molar-refractivity contribution in [1.29, 1.82) is 0 Å². The van der Waals surface area contributed by atoms with Crippen LogP contribution in [-0.4, -0.2) is 34.7 Å². The minimum absolute atomic E-state index is 0.389. The highest BCUT2D eigenvalue weighted by atomic mass is 16.6. The molecule has 0 saturated heterocycles. The first-order chi connectivity index (χ1) is 4.33. The molecular weight excluding hydrogens is 120 g/mol. The Balaban J connectivity index is 0. The highest BCUT2D eigenvalue weighted by Gasteiger charge is 1.63. The van der Waals surface area contributed by atoms with E-state index in [9.17, 15) is 0 Å². The van der Waals surface area contributed by atoms with Gasteiger partial charge in [-0.1, -0.05) is 0 Å². The number of rotatable bonds is 3. The van der Waals surface area contributed by atoms with Gasteiger partial charge in [0, 0.05) is 27.9 Å². The lowest BCUT2D eigenvalue weighted by Crippen LogP contribution is -1.87. The summed E-state index contributed by atoms with van der Waals surface area (Å²) in [7, 11) is 4.85. The van der Waals surface area contributed by atoms with Gasteiger partial charge in [0.15, 0.2) is 0 Å². The van der Waals surface area contributed by atoms with Crippen LogP contribution in [0.15, 0.2) is 0 Å². The van der Waals surface area contributed by atoms with Crippen molar-refractivity contribution in [3.05, 3.63) is 0 Å². The predicted molar refractivity (Wildman–Crippen MR) is 36.4 cm³/mol. The monoisotopic (exact) mass is 136 g/mol. The maximum absolute atomic E-state index is 4.54. The topological polar surface area (TPSA) is 27.7 Å².